The molecule has 0 aliphatic carbocycles. The highest BCUT2D eigenvalue weighted by atomic mass is 19.4. The molecule has 17 heavy (non-hydrogen) atoms. The van der Waals surface area contributed by atoms with E-state index in [1.165, 1.54) is 0 Å². The van der Waals surface area contributed by atoms with Gasteiger partial charge in [0.05, 0.1) is 14.2 Å². The first-order chi connectivity index (χ1) is 7.82. The van der Waals surface area contributed by atoms with Gasteiger partial charge in [0.25, 0.3) is 0 Å². The van der Waals surface area contributed by atoms with Crippen LogP contribution in [0.25, 0.3) is 0 Å². The average Bonchev–Trinajstić information content (AvgIpc) is 2.25. The summed E-state index contributed by atoms with van der Waals surface area (Å²) in [6.45, 7) is 0. The van der Waals surface area contributed by atoms with Gasteiger partial charge in [0.2, 0.25) is 0 Å². The number of benzene rings is 1. The van der Waals surface area contributed by atoms with Gasteiger partial charge in [0.15, 0.2) is 11.5 Å². The SMILES string of the molecule is COc1c(C(=O)O)ccc(C(F)(F)F)c1OC. The molecule has 0 amide bonds. The average molecular weight is 250 g/mol. The summed E-state index contributed by atoms with van der Waals surface area (Å²) in [5.41, 5.74) is -1.47. The fourth-order valence-corrected chi connectivity index (χ4v) is 1.36. The van der Waals surface area contributed by atoms with Crippen molar-refractivity contribution in [3.8, 4) is 11.5 Å². The fourth-order valence-electron chi connectivity index (χ4n) is 1.36. The lowest BCUT2D eigenvalue weighted by Gasteiger charge is -2.16. The number of carbonyl (C=O) groups is 1. The van der Waals surface area contributed by atoms with Crippen LogP contribution >= 0.6 is 0 Å². The number of rotatable bonds is 3. The van der Waals surface area contributed by atoms with E-state index in [1.54, 1.807) is 0 Å². The Labute approximate surface area is 94.6 Å². The molecule has 4 nitrogen and oxygen atoms in total. The van der Waals surface area contributed by atoms with Crippen molar-refractivity contribution >= 4 is 5.97 Å². The number of methoxy groups -OCH3 is 2. The van der Waals surface area contributed by atoms with Gasteiger partial charge in [0.1, 0.15) is 11.1 Å². The quantitative estimate of drug-likeness (QED) is 0.895. The maximum absolute atomic E-state index is 12.6. The van der Waals surface area contributed by atoms with Gasteiger partial charge in [-0.3, -0.25) is 0 Å². The summed E-state index contributed by atoms with van der Waals surface area (Å²) in [6.07, 6.45) is -4.64. The van der Waals surface area contributed by atoms with Crippen molar-refractivity contribution in [3.63, 3.8) is 0 Å². The largest absolute Gasteiger partial charge is 0.492 e. The van der Waals surface area contributed by atoms with Gasteiger partial charge in [-0.1, -0.05) is 0 Å². The third kappa shape index (κ3) is 2.43. The highest BCUT2D eigenvalue weighted by molar-refractivity contribution is 5.92. The number of halogens is 3. The first-order valence-corrected chi connectivity index (χ1v) is 4.38. The van der Waals surface area contributed by atoms with Gasteiger partial charge in [-0.25, -0.2) is 4.79 Å². The first kappa shape index (κ1) is 13.1. The molecule has 94 valence electrons. The summed E-state index contributed by atoms with van der Waals surface area (Å²) in [4.78, 5) is 10.8. The van der Waals surface area contributed by atoms with E-state index in [1.807, 2.05) is 0 Å². The van der Waals surface area contributed by atoms with Crippen LogP contribution < -0.4 is 9.47 Å². The Kier molecular flexibility index (Phi) is 3.50. The van der Waals surface area contributed by atoms with Crippen LogP contribution in [-0.2, 0) is 6.18 Å². The molecule has 1 aromatic rings. The topological polar surface area (TPSA) is 55.8 Å². The Morgan fingerprint density at radius 2 is 1.71 bits per heavy atom. The lowest BCUT2D eigenvalue weighted by molar-refractivity contribution is -0.138. The molecule has 1 rings (SSSR count). The van der Waals surface area contributed by atoms with Gasteiger partial charge < -0.3 is 14.6 Å². The van der Waals surface area contributed by atoms with Gasteiger partial charge in [-0.05, 0) is 12.1 Å². The summed E-state index contributed by atoms with van der Waals surface area (Å²) in [6, 6.07) is 1.47. The molecule has 0 aliphatic heterocycles. The molecular formula is C10H9F3O4. The molecule has 0 radical (unpaired) electrons. The molecule has 0 aliphatic rings. The van der Waals surface area contributed by atoms with E-state index in [9.17, 15) is 18.0 Å². The van der Waals surface area contributed by atoms with Crippen molar-refractivity contribution in [1.82, 2.24) is 0 Å². The number of carboxylic acid groups (broad SMARTS) is 1. The fraction of sp³-hybridized carbons (Fsp3) is 0.300. The molecule has 0 bridgehead atoms. The Morgan fingerprint density at radius 1 is 1.18 bits per heavy atom. The van der Waals surface area contributed by atoms with Gasteiger partial charge in [-0.2, -0.15) is 13.2 Å². The number of aromatic carboxylic acids is 1. The summed E-state index contributed by atoms with van der Waals surface area (Å²) in [5, 5.41) is 8.79. The van der Waals surface area contributed by atoms with Crippen molar-refractivity contribution < 1.29 is 32.5 Å². The van der Waals surface area contributed by atoms with Crippen molar-refractivity contribution in [3.05, 3.63) is 23.3 Å². The monoisotopic (exact) mass is 250 g/mol. The summed E-state index contributed by atoms with van der Waals surface area (Å²) in [5.74, 6) is -2.48. The van der Waals surface area contributed by atoms with Gasteiger partial charge in [-0.15, -0.1) is 0 Å². The van der Waals surface area contributed by atoms with Crippen LogP contribution in [0.5, 0.6) is 11.5 Å². The Hall–Kier alpha value is -1.92. The highest BCUT2D eigenvalue weighted by Gasteiger charge is 2.37. The smallest absolute Gasteiger partial charge is 0.420 e. The summed E-state index contributed by atoms with van der Waals surface area (Å²) < 4.78 is 47.0. The summed E-state index contributed by atoms with van der Waals surface area (Å²) >= 11 is 0. The Bertz CT molecular complexity index is 440. The molecule has 0 spiro atoms. The molecule has 1 N–H and O–H groups in total. The van der Waals surface area contributed by atoms with E-state index >= 15 is 0 Å². The Balaban J connectivity index is 3.54. The molecule has 0 fully saturated rings. The highest BCUT2D eigenvalue weighted by Crippen LogP contribution is 2.43. The minimum absolute atomic E-state index is 0.391. The second kappa shape index (κ2) is 4.52. The van der Waals surface area contributed by atoms with Crippen LogP contribution in [0.4, 0.5) is 13.2 Å². The van der Waals surface area contributed by atoms with Gasteiger partial charge >= 0.3 is 12.1 Å². The van der Waals surface area contributed by atoms with Crippen molar-refractivity contribution in [1.29, 1.82) is 0 Å². The zero-order valence-corrected chi connectivity index (χ0v) is 8.96. The van der Waals surface area contributed by atoms with E-state index in [0.717, 1.165) is 20.3 Å². The van der Waals surface area contributed by atoms with E-state index in [2.05, 4.69) is 9.47 Å². The zero-order chi connectivity index (χ0) is 13.2. The molecule has 1 aromatic carbocycles. The van der Waals surface area contributed by atoms with E-state index in [-0.39, 0.29) is 0 Å². The van der Waals surface area contributed by atoms with E-state index in [0.29, 0.717) is 6.07 Å². The van der Waals surface area contributed by atoms with Crippen LogP contribution in [0, 0.1) is 0 Å². The number of alkyl halides is 3. The molecule has 0 heterocycles. The molecule has 7 heteroatoms. The van der Waals surface area contributed by atoms with E-state index < -0.39 is 34.8 Å². The normalized spacial score (nSPS) is 11.1. The lowest BCUT2D eigenvalue weighted by Crippen LogP contribution is -2.11. The number of hydrogen-bond donors (Lipinski definition) is 1. The van der Waals surface area contributed by atoms with Crippen LogP contribution in [0.3, 0.4) is 0 Å². The van der Waals surface area contributed by atoms with Crippen molar-refractivity contribution in [2.75, 3.05) is 14.2 Å². The molecule has 0 atom stereocenters. The van der Waals surface area contributed by atoms with Crippen LogP contribution in [0.15, 0.2) is 12.1 Å². The molecule has 0 saturated carbocycles. The predicted octanol–water partition coefficient (Wildman–Crippen LogP) is 2.42. The van der Waals surface area contributed by atoms with Crippen LogP contribution in [0.1, 0.15) is 15.9 Å². The minimum atomic E-state index is -4.64. The van der Waals surface area contributed by atoms with Crippen molar-refractivity contribution in [2.45, 2.75) is 6.18 Å². The minimum Gasteiger partial charge on any atom is -0.492 e. The van der Waals surface area contributed by atoms with Crippen LogP contribution in [0.2, 0.25) is 0 Å². The van der Waals surface area contributed by atoms with Gasteiger partial charge in [0, 0.05) is 0 Å². The molecule has 0 unspecified atom stereocenters. The first-order valence-electron chi connectivity index (χ1n) is 4.38. The molecule has 0 aromatic heterocycles. The third-order valence-electron chi connectivity index (χ3n) is 2.06. The van der Waals surface area contributed by atoms with Crippen LogP contribution in [-0.4, -0.2) is 25.3 Å². The molecule has 0 saturated heterocycles. The predicted molar refractivity (Wildman–Crippen MR) is 51.5 cm³/mol. The standard InChI is InChI=1S/C10H9F3O4/c1-16-7-5(9(14)15)3-4-6(8(7)17-2)10(11,12)13/h3-4H,1-2H3,(H,14,15). The van der Waals surface area contributed by atoms with Crippen molar-refractivity contribution in [2.24, 2.45) is 0 Å². The number of carboxylic acids is 1. The number of ether oxygens (including phenoxy) is 2. The second-order valence-electron chi connectivity index (χ2n) is 3.03. The zero-order valence-electron chi connectivity index (χ0n) is 8.96. The number of hydrogen-bond acceptors (Lipinski definition) is 3. The maximum atomic E-state index is 12.6. The third-order valence-corrected chi connectivity index (χ3v) is 2.06. The second-order valence-corrected chi connectivity index (χ2v) is 3.03. The Morgan fingerprint density at radius 3 is 2.06 bits per heavy atom. The molecular weight excluding hydrogens is 241 g/mol. The summed E-state index contributed by atoms with van der Waals surface area (Å²) in [7, 11) is 2.09. The lowest BCUT2D eigenvalue weighted by atomic mass is 10.1. The van der Waals surface area contributed by atoms with E-state index in [4.69, 9.17) is 5.11 Å². The maximum Gasteiger partial charge on any atom is 0.420 e.